The van der Waals surface area contributed by atoms with Gasteiger partial charge >= 0.3 is 0 Å². The lowest BCUT2D eigenvalue weighted by Crippen LogP contribution is -2.53. The second-order valence-electron chi connectivity index (χ2n) is 11.0. The number of ether oxygens (including phenoxy) is 1. The fourth-order valence-corrected chi connectivity index (χ4v) is 6.24. The third-order valence-electron chi connectivity index (χ3n) is 7.57. The summed E-state index contributed by atoms with van der Waals surface area (Å²) in [7, 11) is -4.16. The summed E-state index contributed by atoms with van der Waals surface area (Å²) in [6, 6.07) is 30.7. The number of anilines is 1. The Labute approximate surface area is 266 Å². The second kappa shape index (κ2) is 15.4. The summed E-state index contributed by atoms with van der Waals surface area (Å²) in [4.78, 5) is 29.2. The van der Waals surface area contributed by atoms with Crippen molar-refractivity contribution >= 4 is 27.5 Å². The summed E-state index contributed by atoms with van der Waals surface area (Å²) in [6.07, 6.45) is 1.10. The standard InChI is InChI=1S/C36H41N3O5S/c1-5-28(4)37-36(41)34(6-2)38(25-29-19-17-27(3)18-20-29)35(40)26-39(45(42,43)33-15-11-8-12-16-33)30-21-23-32(24-22-30)44-31-13-9-7-10-14-31/h7-24,28,34H,5-6,25-26H2,1-4H3,(H,37,41). The number of nitrogens with one attached hydrogen (secondary N) is 1. The van der Waals surface area contributed by atoms with Gasteiger partial charge in [0.15, 0.2) is 0 Å². The Kier molecular flexibility index (Phi) is 11.4. The number of nitrogens with zero attached hydrogens (tertiary/aromatic N) is 2. The van der Waals surface area contributed by atoms with E-state index in [2.05, 4.69) is 5.32 Å². The molecule has 0 aromatic heterocycles. The van der Waals surface area contributed by atoms with Gasteiger partial charge in [-0.2, -0.15) is 0 Å². The Morgan fingerprint density at radius 3 is 1.93 bits per heavy atom. The van der Waals surface area contributed by atoms with Gasteiger partial charge in [0.25, 0.3) is 10.0 Å². The molecule has 0 spiro atoms. The summed E-state index contributed by atoms with van der Waals surface area (Å²) in [5.74, 6) is 0.391. The van der Waals surface area contributed by atoms with Crippen LogP contribution in [0.1, 0.15) is 44.7 Å². The molecule has 0 heterocycles. The largest absolute Gasteiger partial charge is 0.457 e. The molecule has 45 heavy (non-hydrogen) atoms. The molecule has 0 saturated carbocycles. The van der Waals surface area contributed by atoms with Crippen molar-refractivity contribution in [3.8, 4) is 11.5 Å². The molecular weight excluding hydrogens is 586 g/mol. The highest BCUT2D eigenvalue weighted by Crippen LogP contribution is 2.28. The molecule has 0 radical (unpaired) electrons. The maximum atomic E-state index is 14.3. The predicted octanol–water partition coefficient (Wildman–Crippen LogP) is 6.70. The lowest BCUT2D eigenvalue weighted by molar-refractivity contribution is -0.140. The number of sulfonamides is 1. The van der Waals surface area contributed by atoms with Gasteiger partial charge in [-0.15, -0.1) is 0 Å². The molecule has 4 aromatic carbocycles. The first kappa shape index (κ1) is 33.3. The highest BCUT2D eigenvalue weighted by Gasteiger charge is 2.34. The summed E-state index contributed by atoms with van der Waals surface area (Å²) >= 11 is 0. The average Bonchev–Trinajstić information content (AvgIpc) is 3.05. The fourth-order valence-electron chi connectivity index (χ4n) is 4.80. The van der Waals surface area contributed by atoms with E-state index in [1.165, 1.54) is 17.0 Å². The molecule has 236 valence electrons. The first-order valence-corrected chi connectivity index (χ1v) is 16.6. The van der Waals surface area contributed by atoms with Crippen LogP contribution >= 0.6 is 0 Å². The molecule has 4 aromatic rings. The van der Waals surface area contributed by atoms with Crippen LogP contribution < -0.4 is 14.4 Å². The van der Waals surface area contributed by atoms with Gasteiger partial charge in [0.05, 0.1) is 10.6 Å². The van der Waals surface area contributed by atoms with Crippen LogP contribution in [-0.4, -0.2) is 43.8 Å². The number of para-hydroxylation sites is 1. The van der Waals surface area contributed by atoms with Gasteiger partial charge in [0.1, 0.15) is 24.1 Å². The monoisotopic (exact) mass is 627 g/mol. The molecule has 0 saturated heterocycles. The van der Waals surface area contributed by atoms with Crippen molar-refractivity contribution < 1.29 is 22.7 Å². The van der Waals surface area contributed by atoms with Gasteiger partial charge in [-0.25, -0.2) is 8.42 Å². The van der Waals surface area contributed by atoms with E-state index in [4.69, 9.17) is 4.74 Å². The van der Waals surface area contributed by atoms with Crippen LogP contribution in [0.4, 0.5) is 5.69 Å². The van der Waals surface area contributed by atoms with Crippen molar-refractivity contribution in [2.75, 3.05) is 10.8 Å². The number of amides is 2. The van der Waals surface area contributed by atoms with Crippen molar-refractivity contribution in [3.05, 3.63) is 120 Å². The molecular formula is C36H41N3O5S. The normalized spacial score (nSPS) is 12.5. The van der Waals surface area contributed by atoms with Crippen LogP contribution in [0.25, 0.3) is 0 Å². The van der Waals surface area contributed by atoms with E-state index in [0.717, 1.165) is 21.9 Å². The van der Waals surface area contributed by atoms with E-state index in [1.807, 2.05) is 82.3 Å². The van der Waals surface area contributed by atoms with Gasteiger partial charge in [0, 0.05) is 12.6 Å². The smallest absolute Gasteiger partial charge is 0.264 e. The summed E-state index contributed by atoms with van der Waals surface area (Å²) in [5, 5.41) is 3.00. The third kappa shape index (κ3) is 8.73. The summed E-state index contributed by atoms with van der Waals surface area (Å²) in [6.45, 7) is 7.35. The van der Waals surface area contributed by atoms with Crippen LogP contribution in [0.5, 0.6) is 11.5 Å². The van der Waals surface area contributed by atoms with Crippen molar-refractivity contribution in [1.82, 2.24) is 10.2 Å². The minimum atomic E-state index is -4.16. The van der Waals surface area contributed by atoms with Crippen LogP contribution in [0.3, 0.4) is 0 Å². The molecule has 2 amide bonds. The average molecular weight is 628 g/mol. The van der Waals surface area contributed by atoms with Crippen molar-refractivity contribution in [1.29, 1.82) is 0 Å². The van der Waals surface area contributed by atoms with Gasteiger partial charge in [-0.05, 0) is 80.8 Å². The number of hydrogen-bond acceptors (Lipinski definition) is 5. The number of rotatable bonds is 14. The minimum absolute atomic E-state index is 0.0500. The van der Waals surface area contributed by atoms with Crippen LogP contribution in [-0.2, 0) is 26.2 Å². The van der Waals surface area contributed by atoms with Gasteiger partial charge in [0.2, 0.25) is 11.8 Å². The number of carbonyl (C=O) groups is 2. The Bertz CT molecular complexity index is 1640. The Balaban J connectivity index is 1.71. The van der Waals surface area contributed by atoms with Crippen LogP contribution in [0, 0.1) is 6.92 Å². The van der Waals surface area contributed by atoms with E-state index in [1.54, 1.807) is 42.5 Å². The first-order valence-electron chi connectivity index (χ1n) is 15.2. The van der Waals surface area contributed by atoms with Crippen LogP contribution in [0.2, 0.25) is 0 Å². The van der Waals surface area contributed by atoms with Crippen molar-refractivity contribution in [2.24, 2.45) is 0 Å². The summed E-state index contributed by atoms with van der Waals surface area (Å²) < 4.78 is 35.1. The lowest BCUT2D eigenvalue weighted by Gasteiger charge is -2.33. The SMILES string of the molecule is CCC(C)NC(=O)C(CC)N(Cc1ccc(C)cc1)C(=O)CN(c1ccc(Oc2ccccc2)cc1)S(=O)(=O)c1ccccc1. The number of aryl methyl sites for hydroxylation is 1. The predicted molar refractivity (Wildman–Crippen MR) is 178 cm³/mol. The number of benzene rings is 4. The maximum absolute atomic E-state index is 14.3. The van der Waals surface area contributed by atoms with Crippen molar-refractivity contribution in [2.45, 2.75) is 64.1 Å². The van der Waals surface area contributed by atoms with E-state index in [0.29, 0.717) is 23.6 Å². The lowest BCUT2D eigenvalue weighted by atomic mass is 10.1. The second-order valence-corrected chi connectivity index (χ2v) is 12.8. The molecule has 2 atom stereocenters. The first-order chi connectivity index (χ1) is 21.6. The summed E-state index contributed by atoms with van der Waals surface area (Å²) in [5.41, 5.74) is 2.20. The molecule has 1 N–H and O–H groups in total. The van der Waals surface area contributed by atoms with Gasteiger partial charge < -0.3 is 15.0 Å². The molecule has 0 bridgehead atoms. The van der Waals surface area contributed by atoms with E-state index < -0.39 is 28.5 Å². The maximum Gasteiger partial charge on any atom is 0.264 e. The van der Waals surface area contributed by atoms with E-state index >= 15 is 0 Å². The van der Waals surface area contributed by atoms with Gasteiger partial charge in [-0.3, -0.25) is 13.9 Å². The zero-order valence-corrected chi connectivity index (χ0v) is 27.0. The molecule has 8 nitrogen and oxygen atoms in total. The molecule has 2 unspecified atom stereocenters. The molecule has 4 rings (SSSR count). The quantitative estimate of drug-likeness (QED) is 0.168. The molecule has 0 aliphatic carbocycles. The number of carbonyl (C=O) groups excluding carboxylic acids is 2. The van der Waals surface area contributed by atoms with E-state index in [9.17, 15) is 18.0 Å². The highest BCUT2D eigenvalue weighted by molar-refractivity contribution is 7.92. The molecule has 0 aliphatic rings. The minimum Gasteiger partial charge on any atom is -0.457 e. The molecule has 0 fully saturated rings. The third-order valence-corrected chi connectivity index (χ3v) is 9.36. The van der Waals surface area contributed by atoms with Crippen LogP contribution in [0.15, 0.2) is 114 Å². The fraction of sp³-hybridized carbons (Fsp3) is 0.278. The van der Waals surface area contributed by atoms with Gasteiger partial charge in [-0.1, -0.05) is 80.1 Å². The Hall–Kier alpha value is -4.63. The Morgan fingerprint density at radius 1 is 0.778 bits per heavy atom. The zero-order valence-electron chi connectivity index (χ0n) is 26.2. The molecule has 9 heteroatoms. The molecule has 0 aliphatic heterocycles. The van der Waals surface area contributed by atoms with Crippen molar-refractivity contribution in [3.63, 3.8) is 0 Å². The topological polar surface area (TPSA) is 96.0 Å². The number of hydrogen-bond donors (Lipinski definition) is 1. The highest BCUT2D eigenvalue weighted by atomic mass is 32.2. The zero-order chi connectivity index (χ0) is 32.4. The Morgan fingerprint density at radius 2 is 1.36 bits per heavy atom. The van der Waals surface area contributed by atoms with E-state index in [-0.39, 0.29) is 23.4 Å².